The summed E-state index contributed by atoms with van der Waals surface area (Å²) >= 11 is 0. The molecule has 1 aromatic carbocycles. The van der Waals surface area contributed by atoms with Gasteiger partial charge in [-0.2, -0.15) is 0 Å². The predicted octanol–water partition coefficient (Wildman–Crippen LogP) is 3.36. The van der Waals surface area contributed by atoms with Gasteiger partial charge in [0.15, 0.2) is 0 Å². The predicted molar refractivity (Wildman–Crippen MR) is 92.0 cm³/mol. The number of hydrogen-bond acceptors (Lipinski definition) is 2. The van der Waals surface area contributed by atoms with Crippen molar-refractivity contribution in [1.82, 2.24) is 10.2 Å². The van der Waals surface area contributed by atoms with E-state index in [0.29, 0.717) is 19.3 Å². The molecule has 1 aliphatic rings. The van der Waals surface area contributed by atoms with E-state index in [-0.39, 0.29) is 17.9 Å². The van der Waals surface area contributed by atoms with E-state index in [4.69, 9.17) is 0 Å². The molecule has 0 aromatic heterocycles. The third-order valence-electron chi connectivity index (χ3n) is 4.57. The first-order valence-corrected chi connectivity index (χ1v) is 8.68. The van der Waals surface area contributed by atoms with Crippen molar-refractivity contribution < 1.29 is 9.59 Å². The standard InChI is InChI=1S/C19H28N2O2/c1-15-8-6-9-16(14-15)17-10-4-3-5-13-21(17)19(23)12-7-11-18(22)20-2/h6,8-9,14,17H,3-5,7,10-13H2,1-2H3,(H,20,22). The van der Waals surface area contributed by atoms with Gasteiger partial charge in [0.1, 0.15) is 0 Å². The molecular formula is C19H28N2O2. The molecule has 4 heteroatoms. The summed E-state index contributed by atoms with van der Waals surface area (Å²) in [6.07, 6.45) is 5.95. The Balaban J connectivity index is 2.05. The molecule has 1 aromatic rings. The van der Waals surface area contributed by atoms with Crippen LogP contribution in [0.3, 0.4) is 0 Å². The Labute approximate surface area is 139 Å². The second kappa shape index (κ2) is 8.70. The quantitative estimate of drug-likeness (QED) is 0.905. The Hall–Kier alpha value is -1.84. The fourth-order valence-electron chi connectivity index (χ4n) is 3.30. The fourth-order valence-corrected chi connectivity index (χ4v) is 3.30. The van der Waals surface area contributed by atoms with Crippen molar-refractivity contribution in [2.45, 2.75) is 57.9 Å². The number of rotatable bonds is 5. The summed E-state index contributed by atoms with van der Waals surface area (Å²) in [5.41, 5.74) is 2.48. The number of aryl methyl sites for hydroxylation is 1. The van der Waals surface area contributed by atoms with Crippen molar-refractivity contribution in [3.8, 4) is 0 Å². The van der Waals surface area contributed by atoms with Crippen LogP contribution in [0, 0.1) is 6.92 Å². The molecule has 23 heavy (non-hydrogen) atoms. The minimum Gasteiger partial charge on any atom is -0.359 e. The minimum atomic E-state index is 0.00361. The minimum absolute atomic E-state index is 0.00361. The van der Waals surface area contributed by atoms with Gasteiger partial charge >= 0.3 is 0 Å². The molecule has 1 N–H and O–H groups in total. The molecule has 1 heterocycles. The molecule has 0 saturated carbocycles. The van der Waals surface area contributed by atoms with Crippen LogP contribution in [-0.2, 0) is 9.59 Å². The maximum Gasteiger partial charge on any atom is 0.223 e. The summed E-state index contributed by atoms with van der Waals surface area (Å²) in [7, 11) is 1.63. The van der Waals surface area contributed by atoms with Crippen LogP contribution in [0.2, 0.25) is 0 Å². The number of nitrogens with one attached hydrogen (secondary N) is 1. The molecule has 1 fully saturated rings. The van der Waals surface area contributed by atoms with Crippen molar-refractivity contribution in [3.05, 3.63) is 35.4 Å². The molecule has 0 bridgehead atoms. The van der Waals surface area contributed by atoms with E-state index >= 15 is 0 Å². The number of likely N-dealkylation sites (tertiary alicyclic amines) is 1. The number of amides is 2. The third-order valence-corrected chi connectivity index (χ3v) is 4.57. The van der Waals surface area contributed by atoms with Crippen molar-refractivity contribution in [1.29, 1.82) is 0 Å². The van der Waals surface area contributed by atoms with E-state index in [9.17, 15) is 9.59 Å². The molecule has 0 radical (unpaired) electrons. The van der Waals surface area contributed by atoms with Crippen LogP contribution in [-0.4, -0.2) is 30.3 Å². The monoisotopic (exact) mass is 316 g/mol. The lowest BCUT2D eigenvalue weighted by molar-refractivity contribution is -0.133. The highest BCUT2D eigenvalue weighted by atomic mass is 16.2. The fraction of sp³-hybridized carbons (Fsp3) is 0.579. The first-order chi connectivity index (χ1) is 11.1. The summed E-state index contributed by atoms with van der Waals surface area (Å²) < 4.78 is 0. The zero-order valence-corrected chi connectivity index (χ0v) is 14.3. The van der Waals surface area contributed by atoms with Crippen LogP contribution >= 0.6 is 0 Å². The lowest BCUT2D eigenvalue weighted by Gasteiger charge is -2.31. The zero-order chi connectivity index (χ0) is 16.7. The van der Waals surface area contributed by atoms with Crippen molar-refractivity contribution in [3.63, 3.8) is 0 Å². The molecule has 2 amide bonds. The van der Waals surface area contributed by atoms with Gasteiger partial charge in [0, 0.05) is 26.4 Å². The van der Waals surface area contributed by atoms with Gasteiger partial charge in [-0.15, -0.1) is 0 Å². The second-order valence-corrected chi connectivity index (χ2v) is 6.39. The number of benzene rings is 1. The number of carbonyl (C=O) groups excluding carboxylic acids is 2. The van der Waals surface area contributed by atoms with Crippen molar-refractivity contribution in [2.75, 3.05) is 13.6 Å². The Morgan fingerprint density at radius 3 is 2.78 bits per heavy atom. The van der Waals surface area contributed by atoms with Crippen LogP contribution in [0.4, 0.5) is 0 Å². The Bertz CT molecular complexity index is 542. The van der Waals surface area contributed by atoms with Gasteiger partial charge in [0.05, 0.1) is 6.04 Å². The highest BCUT2D eigenvalue weighted by Crippen LogP contribution is 2.31. The molecule has 0 spiro atoms. The van der Waals surface area contributed by atoms with Crippen molar-refractivity contribution in [2.24, 2.45) is 0 Å². The molecule has 126 valence electrons. The van der Waals surface area contributed by atoms with Crippen LogP contribution in [0.1, 0.15) is 62.1 Å². The van der Waals surface area contributed by atoms with E-state index in [0.717, 1.165) is 19.4 Å². The number of hydrogen-bond donors (Lipinski definition) is 1. The average molecular weight is 316 g/mol. The highest BCUT2D eigenvalue weighted by molar-refractivity contribution is 5.79. The van der Waals surface area contributed by atoms with Gasteiger partial charge in [0.2, 0.25) is 11.8 Å². The summed E-state index contributed by atoms with van der Waals surface area (Å²) in [5, 5.41) is 2.61. The average Bonchev–Trinajstić information content (AvgIpc) is 2.80. The molecule has 1 saturated heterocycles. The number of carbonyl (C=O) groups is 2. The SMILES string of the molecule is CNC(=O)CCCC(=O)N1CCCCCC1c1cccc(C)c1. The summed E-state index contributed by atoms with van der Waals surface area (Å²) in [4.78, 5) is 26.0. The van der Waals surface area contributed by atoms with Crippen LogP contribution in [0.5, 0.6) is 0 Å². The molecule has 1 atom stereocenters. The van der Waals surface area contributed by atoms with Crippen LogP contribution < -0.4 is 5.32 Å². The first kappa shape index (κ1) is 17.5. The van der Waals surface area contributed by atoms with Crippen LogP contribution in [0.15, 0.2) is 24.3 Å². The molecule has 1 aliphatic heterocycles. The Morgan fingerprint density at radius 1 is 1.22 bits per heavy atom. The lowest BCUT2D eigenvalue weighted by Crippen LogP contribution is -2.34. The van der Waals surface area contributed by atoms with Gasteiger partial charge in [0.25, 0.3) is 0 Å². The van der Waals surface area contributed by atoms with Gasteiger partial charge in [-0.1, -0.05) is 42.7 Å². The largest absolute Gasteiger partial charge is 0.359 e. The van der Waals surface area contributed by atoms with E-state index in [2.05, 4.69) is 36.5 Å². The molecular weight excluding hydrogens is 288 g/mol. The highest BCUT2D eigenvalue weighted by Gasteiger charge is 2.26. The maximum atomic E-state index is 12.7. The Morgan fingerprint density at radius 2 is 2.04 bits per heavy atom. The van der Waals surface area contributed by atoms with Gasteiger partial charge in [-0.05, 0) is 31.7 Å². The zero-order valence-electron chi connectivity index (χ0n) is 14.3. The molecule has 0 aliphatic carbocycles. The number of nitrogens with zero attached hydrogens (tertiary/aromatic N) is 1. The van der Waals surface area contributed by atoms with Crippen LogP contribution in [0.25, 0.3) is 0 Å². The summed E-state index contributed by atoms with van der Waals surface area (Å²) in [6, 6.07) is 8.68. The molecule has 1 unspecified atom stereocenters. The Kier molecular flexibility index (Phi) is 6.63. The van der Waals surface area contributed by atoms with E-state index < -0.39 is 0 Å². The van der Waals surface area contributed by atoms with Crippen molar-refractivity contribution >= 4 is 11.8 Å². The van der Waals surface area contributed by atoms with Gasteiger partial charge in [-0.25, -0.2) is 0 Å². The lowest BCUT2D eigenvalue weighted by atomic mass is 9.98. The van der Waals surface area contributed by atoms with E-state index in [1.54, 1.807) is 7.05 Å². The van der Waals surface area contributed by atoms with E-state index in [1.807, 2.05) is 4.90 Å². The van der Waals surface area contributed by atoms with Gasteiger partial charge < -0.3 is 10.2 Å². The first-order valence-electron chi connectivity index (χ1n) is 8.68. The molecule has 4 nitrogen and oxygen atoms in total. The topological polar surface area (TPSA) is 49.4 Å². The normalized spacial score (nSPS) is 18.3. The maximum absolute atomic E-state index is 12.7. The molecule has 2 rings (SSSR count). The summed E-state index contributed by atoms with van der Waals surface area (Å²) in [5.74, 6) is 0.186. The second-order valence-electron chi connectivity index (χ2n) is 6.39. The third kappa shape index (κ3) is 5.08. The summed E-state index contributed by atoms with van der Waals surface area (Å²) in [6.45, 7) is 2.92. The van der Waals surface area contributed by atoms with Gasteiger partial charge in [-0.3, -0.25) is 9.59 Å². The van der Waals surface area contributed by atoms with E-state index in [1.165, 1.54) is 24.0 Å². The smallest absolute Gasteiger partial charge is 0.223 e.